The summed E-state index contributed by atoms with van der Waals surface area (Å²) in [5.74, 6) is 0. The highest BCUT2D eigenvalue weighted by Gasteiger charge is 2.31. The second-order valence-corrected chi connectivity index (χ2v) is 8.20. The van der Waals surface area contributed by atoms with Gasteiger partial charge in [0.2, 0.25) is 0 Å². The molecule has 0 aliphatic heterocycles. The lowest BCUT2D eigenvalue weighted by Crippen LogP contribution is -2.38. The van der Waals surface area contributed by atoms with E-state index in [-0.39, 0.29) is 0 Å². The third-order valence-corrected chi connectivity index (χ3v) is 6.76. The Labute approximate surface area is 123 Å². The zero-order chi connectivity index (χ0) is 12.5. The number of hydrogen-bond donors (Lipinski definition) is 1. The summed E-state index contributed by atoms with van der Waals surface area (Å²) >= 11 is 9.98. The van der Waals surface area contributed by atoms with Gasteiger partial charge in [-0.05, 0) is 50.0 Å². The summed E-state index contributed by atoms with van der Waals surface area (Å²) in [6, 6.07) is 3.45. The minimum atomic E-state index is 0.551. The maximum Gasteiger partial charge on any atom is 0.0934 e. The zero-order valence-electron chi connectivity index (χ0n) is 10.7. The fraction of sp³-hybridized carbons (Fsp3) is 0.714. The fourth-order valence-corrected chi connectivity index (χ4v) is 5.68. The van der Waals surface area contributed by atoms with Gasteiger partial charge in [-0.15, -0.1) is 11.3 Å². The second-order valence-electron chi connectivity index (χ2n) is 5.35. The summed E-state index contributed by atoms with van der Waals surface area (Å²) < 4.78 is 0.960. The molecule has 3 atom stereocenters. The van der Waals surface area contributed by atoms with Crippen molar-refractivity contribution in [3.8, 4) is 0 Å². The third kappa shape index (κ3) is 2.60. The lowest BCUT2D eigenvalue weighted by Gasteiger charge is -2.29. The van der Waals surface area contributed by atoms with Gasteiger partial charge in [0.15, 0.2) is 0 Å². The Kier molecular flexibility index (Phi) is 4.24. The largest absolute Gasteiger partial charge is 0.306 e. The van der Waals surface area contributed by atoms with Gasteiger partial charge in [0.1, 0.15) is 0 Å². The fourth-order valence-electron chi connectivity index (χ4n) is 3.35. The standard InChI is InChI=1S/C14H20ClNS2/c1-17-13-7-3-5-11(13)16-10-4-2-6-12-9(10)8-14(15)18-12/h8,10-11,13,16H,2-7H2,1H3. The van der Waals surface area contributed by atoms with Crippen LogP contribution in [0, 0.1) is 0 Å². The van der Waals surface area contributed by atoms with E-state index in [4.69, 9.17) is 11.6 Å². The topological polar surface area (TPSA) is 12.0 Å². The molecule has 2 aliphatic carbocycles. The molecule has 1 saturated carbocycles. The van der Waals surface area contributed by atoms with Crippen LogP contribution in [0.3, 0.4) is 0 Å². The van der Waals surface area contributed by atoms with Gasteiger partial charge in [0, 0.05) is 22.2 Å². The van der Waals surface area contributed by atoms with Gasteiger partial charge in [0.05, 0.1) is 4.34 Å². The molecule has 1 N–H and O–H groups in total. The maximum atomic E-state index is 6.18. The van der Waals surface area contributed by atoms with Crippen LogP contribution in [0.5, 0.6) is 0 Å². The molecule has 4 heteroatoms. The first-order chi connectivity index (χ1) is 8.78. The molecule has 3 unspecified atom stereocenters. The van der Waals surface area contributed by atoms with Crippen molar-refractivity contribution in [2.45, 2.75) is 55.9 Å². The molecule has 0 radical (unpaired) electrons. The van der Waals surface area contributed by atoms with Crippen LogP contribution in [0.4, 0.5) is 0 Å². The first-order valence-electron chi connectivity index (χ1n) is 6.85. The molecule has 1 heterocycles. The molecule has 0 amide bonds. The molecule has 0 aromatic carbocycles. The van der Waals surface area contributed by atoms with Crippen molar-refractivity contribution in [2.24, 2.45) is 0 Å². The van der Waals surface area contributed by atoms with Crippen LogP contribution >= 0.6 is 34.7 Å². The molecule has 2 aliphatic rings. The predicted octanol–water partition coefficient (Wildman–Crippen LogP) is 4.65. The van der Waals surface area contributed by atoms with Gasteiger partial charge in [-0.2, -0.15) is 11.8 Å². The summed E-state index contributed by atoms with van der Waals surface area (Å²) in [7, 11) is 0. The van der Waals surface area contributed by atoms with Crippen LogP contribution in [0.15, 0.2) is 6.07 Å². The molecule has 0 spiro atoms. The number of nitrogens with one attached hydrogen (secondary N) is 1. The van der Waals surface area contributed by atoms with Crippen molar-refractivity contribution in [2.75, 3.05) is 6.26 Å². The third-order valence-electron chi connectivity index (χ3n) is 4.25. The van der Waals surface area contributed by atoms with Crippen LogP contribution in [0.1, 0.15) is 48.6 Å². The number of thiophene rings is 1. The lowest BCUT2D eigenvalue weighted by molar-refractivity contribution is 0.403. The SMILES string of the molecule is CSC1CCCC1NC1CCCc2sc(Cl)cc21. The number of hydrogen-bond acceptors (Lipinski definition) is 3. The molecular weight excluding hydrogens is 282 g/mol. The summed E-state index contributed by atoms with van der Waals surface area (Å²) in [6.07, 6.45) is 10.2. The Hall–Kier alpha value is 0.300. The minimum Gasteiger partial charge on any atom is -0.306 e. The molecule has 1 nitrogen and oxygen atoms in total. The van der Waals surface area contributed by atoms with Gasteiger partial charge in [0.25, 0.3) is 0 Å². The van der Waals surface area contributed by atoms with Gasteiger partial charge < -0.3 is 5.32 Å². The van der Waals surface area contributed by atoms with Crippen molar-refractivity contribution >= 4 is 34.7 Å². The maximum absolute atomic E-state index is 6.18. The second kappa shape index (κ2) is 5.74. The number of thioether (sulfide) groups is 1. The van der Waals surface area contributed by atoms with E-state index in [0.717, 1.165) is 9.59 Å². The molecule has 100 valence electrons. The molecule has 1 fully saturated rings. The van der Waals surface area contributed by atoms with Crippen LogP contribution in [0.2, 0.25) is 4.34 Å². The van der Waals surface area contributed by atoms with Gasteiger partial charge in [-0.1, -0.05) is 18.0 Å². The Morgan fingerprint density at radius 2 is 2.22 bits per heavy atom. The van der Waals surface area contributed by atoms with E-state index < -0.39 is 0 Å². The average Bonchev–Trinajstić information content (AvgIpc) is 2.94. The van der Waals surface area contributed by atoms with Crippen molar-refractivity contribution in [1.29, 1.82) is 0 Å². The van der Waals surface area contributed by atoms with E-state index in [1.165, 1.54) is 49.0 Å². The molecule has 1 aromatic heterocycles. The van der Waals surface area contributed by atoms with Crippen LogP contribution in [-0.2, 0) is 6.42 Å². The highest BCUT2D eigenvalue weighted by Crippen LogP contribution is 2.39. The Balaban J connectivity index is 1.74. The van der Waals surface area contributed by atoms with E-state index >= 15 is 0 Å². The van der Waals surface area contributed by atoms with Crippen LogP contribution < -0.4 is 5.32 Å². The lowest BCUT2D eigenvalue weighted by atomic mass is 9.93. The van der Waals surface area contributed by atoms with Crippen molar-refractivity contribution in [3.05, 3.63) is 20.8 Å². The van der Waals surface area contributed by atoms with Gasteiger partial charge in [-0.3, -0.25) is 0 Å². The minimum absolute atomic E-state index is 0.551. The number of fused-ring (bicyclic) bond motifs is 1. The van der Waals surface area contributed by atoms with E-state index in [0.29, 0.717) is 12.1 Å². The van der Waals surface area contributed by atoms with E-state index in [1.807, 2.05) is 11.8 Å². The quantitative estimate of drug-likeness (QED) is 0.872. The van der Waals surface area contributed by atoms with Crippen LogP contribution in [0.25, 0.3) is 0 Å². The van der Waals surface area contributed by atoms with E-state index in [2.05, 4.69) is 17.6 Å². The normalized spacial score (nSPS) is 31.6. The van der Waals surface area contributed by atoms with Gasteiger partial charge in [-0.25, -0.2) is 0 Å². The van der Waals surface area contributed by atoms with E-state index in [9.17, 15) is 0 Å². The first-order valence-corrected chi connectivity index (χ1v) is 9.33. The highest BCUT2D eigenvalue weighted by atomic mass is 35.5. The number of halogens is 1. The number of aryl methyl sites for hydroxylation is 1. The number of rotatable bonds is 3. The van der Waals surface area contributed by atoms with Crippen molar-refractivity contribution < 1.29 is 0 Å². The molecule has 1 aromatic rings. The molecule has 0 bridgehead atoms. The highest BCUT2D eigenvalue weighted by molar-refractivity contribution is 7.99. The summed E-state index contributed by atoms with van der Waals surface area (Å²) in [5, 5.41) is 4.73. The zero-order valence-corrected chi connectivity index (χ0v) is 13.1. The summed E-state index contributed by atoms with van der Waals surface area (Å²) in [4.78, 5) is 1.52. The Bertz CT molecular complexity index is 418. The van der Waals surface area contributed by atoms with Crippen LogP contribution in [-0.4, -0.2) is 17.5 Å². The monoisotopic (exact) mass is 301 g/mol. The van der Waals surface area contributed by atoms with E-state index in [1.54, 1.807) is 11.3 Å². The molecule has 0 saturated heterocycles. The smallest absolute Gasteiger partial charge is 0.0934 e. The van der Waals surface area contributed by atoms with Crippen molar-refractivity contribution in [3.63, 3.8) is 0 Å². The average molecular weight is 302 g/mol. The Morgan fingerprint density at radius 3 is 3.06 bits per heavy atom. The molecular formula is C14H20ClNS2. The van der Waals surface area contributed by atoms with Gasteiger partial charge >= 0.3 is 0 Å². The van der Waals surface area contributed by atoms with Crippen molar-refractivity contribution in [1.82, 2.24) is 5.32 Å². The Morgan fingerprint density at radius 1 is 1.33 bits per heavy atom. The summed E-state index contributed by atoms with van der Waals surface area (Å²) in [6.45, 7) is 0. The molecule has 18 heavy (non-hydrogen) atoms. The molecule has 3 rings (SSSR count). The summed E-state index contributed by atoms with van der Waals surface area (Å²) in [5.41, 5.74) is 1.49. The predicted molar refractivity (Wildman–Crippen MR) is 83.1 cm³/mol. The first kappa shape index (κ1) is 13.3.